The van der Waals surface area contributed by atoms with Gasteiger partial charge in [-0.05, 0) is 44.9 Å². The summed E-state index contributed by atoms with van der Waals surface area (Å²) < 4.78 is 3.82. The lowest BCUT2D eigenvalue weighted by Crippen LogP contribution is -2.26. The standard InChI is InChI=1S/C25H25N5O/c1-5-16(3)30-17(4)26-23-21(25(30)31)22-24(28-20-9-7-6-8-19(20)27-22)29(23)14-18-12-10-15(2)11-13-18/h6-13,16H,5,14H2,1-4H3/t16-/m1/s1. The molecule has 0 aliphatic carbocycles. The van der Waals surface area contributed by atoms with Gasteiger partial charge in [-0.3, -0.25) is 9.36 Å². The van der Waals surface area contributed by atoms with E-state index in [0.29, 0.717) is 34.6 Å². The number of rotatable bonds is 4. The Balaban J connectivity index is 1.89. The Kier molecular flexibility index (Phi) is 4.58. The molecule has 0 saturated carbocycles. The summed E-state index contributed by atoms with van der Waals surface area (Å²) in [4.78, 5) is 28.3. The average molecular weight is 412 g/mol. The SMILES string of the molecule is CC[C@@H](C)n1c(C)nc2c(c1=O)c1nc3ccccc3nc1n2Cc1ccc(C)cc1. The summed E-state index contributed by atoms with van der Waals surface area (Å²) in [6.07, 6.45) is 0.852. The van der Waals surface area contributed by atoms with Gasteiger partial charge < -0.3 is 4.57 Å². The highest BCUT2D eigenvalue weighted by molar-refractivity contribution is 6.04. The summed E-state index contributed by atoms with van der Waals surface area (Å²) >= 11 is 0. The molecule has 1 atom stereocenters. The number of aromatic nitrogens is 5. The van der Waals surface area contributed by atoms with E-state index in [4.69, 9.17) is 15.0 Å². The highest BCUT2D eigenvalue weighted by Crippen LogP contribution is 2.27. The molecule has 0 fully saturated rings. The highest BCUT2D eigenvalue weighted by atomic mass is 16.1. The van der Waals surface area contributed by atoms with E-state index in [0.717, 1.165) is 23.0 Å². The fourth-order valence-corrected chi connectivity index (χ4v) is 4.20. The molecule has 0 spiro atoms. The van der Waals surface area contributed by atoms with Gasteiger partial charge in [0, 0.05) is 6.04 Å². The molecule has 6 nitrogen and oxygen atoms in total. The largest absolute Gasteiger partial charge is 0.304 e. The predicted octanol–water partition coefficient (Wildman–Crippen LogP) is 4.93. The zero-order chi connectivity index (χ0) is 21.7. The van der Waals surface area contributed by atoms with Crippen LogP contribution in [0.15, 0.2) is 53.3 Å². The summed E-state index contributed by atoms with van der Waals surface area (Å²) in [5, 5.41) is 0.547. The van der Waals surface area contributed by atoms with E-state index >= 15 is 0 Å². The van der Waals surface area contributed by atoms with Gasteiger partial charge in [-0.15, -0.1) is 0 Å². The Bertz CT molecular complexity index is 1490. The van der Waals surface area contributed by atoms with Gasteiger partial charge in [-0.25, -0.2) is 15.0 Å². The summed E-state index contributed by atoms with van der Waals surface area (Å²) in [5.74, 6) is 0.712. The highest BCUT2D eigenvalue weighted by Gasteiger charge is 2.22. The van der Waals surface area contributed by atoms with Crippen molar-refractivity contribution in [3.63, 3.8) is 0 Å². The molecule has 156 valence electrons. The number of aryl methyl sites for hydroxylation is 2. The second-order valence-electron chi connectivity index (χ2n) is 8.25. The lowest BCUT2D eigenvalue weighted by Gasteiger charge is -2.16. The van der Waals surface area contributed by atoms with Crippen LogP contribution in [0, 0.1) is 13.8 Å². The maximum atomic E-state index is 13.7. The molecule has 0 radical (unpaired) electrons. The van der Waals surface area contributed by atoms with Crippen molar-refractivity contribution < 1.29 is 0 Å². The van der Waals surface area contributed by atoms with Crippen LogP contribution in [0.25, 0.3) is 33.2 Å². The molecule has 3 aromatic heterocycles. The topological polar surface area (TPSA) is 65.6 Å². The molecule has 0 unspecified atom stereocenters. The molecule has 0 amide bonds. The molecule has 31 heavy (non-hydrogen) atoms. The minimum atomic E-state index is -0.0471. The van der Waals surface area contributed by atoms with Gasteiger partial charge in [0.05, 0.1) is 17.6 Å². The summed E-state index contributed by atoms with van der Waals surface area (Å²) in [6, 6.07) is 16.2. The molecule has 2 aromatic carbocycles. The molecule has 5 rings (SSSR count). The van der Waals surface area contributed by atoms with Gasteiger partial charge in [-0.2, -0.15) is 0 Å². The van der Waals surface area contributed by atoms with Crippen molar-refractivity contribution in [2.45, 2.75) is 46.7 Å². The third-order valence-corrected chi connectivity index (χ3v) is 6.07. The van der Waals surface area contributed by atoms with Crippen LogP contribution in [-0.2, 0) is 6.54 Å². The number of hydrogen-bond acceptors (Lipinski definition) is 4. The minimum Gasteiger partial charge on any atom is -0.304 e. The van der Waals surface area contributed by atoms with Crippen molar-refractivity contribution in [1.82, 2.24) is 24.1 Å². The fraction of sp³-hybridized carbons (Fsp3) is 0.280. The first kappa shape index (κ1) is 19.4. The minimum absolute atomic E-state index is 0.0471. The van der Waals surface area contributed by atoms with E-state index in [1.807, 2.05) is 35.8 Å². The maximum Gasteiger partial charge on any atom is 0.265 e. The number of hydrogen-bond donors (Lipinski definition) is 0. The summed E-state index contributed by atoms with van der Waals surface area (Å²) in [5.41, 5.74) is 5.84. The number of nitrogens with zero attached hydrogens (tertiary/aromatic N) is 5. The average Bonchev–Trinajstić information content (AvgIpc) is 3.05. The fourth-order valence-electron chi connectivity index (χ4n) is 4.20. The number of benzene rings is 2. The monoisotopic (exact) mass is 411 g/mol. The van der Waals surface area contributed by atoms with Gasteiger partial charge >= 0.3 is 0 Å². The number of fused-ring (bicyclic) bond motifs is 4. The number of para-hydroxylation sites is 2. The van der Waals surface area contributed by atoms with Crippen LogP contribution in [-0.4, -0.2) is 24.1 Å². The van der Waals surface area contributed by atoms with Crippen LogP contribution < -0.4 is 5.56 Å². The van der Waals surface area contributed by atoms with Gasteiger partial charge in [0.25, 0.3) is 5.56 Å². The van der Waals surface area contributed by atoms with Crippen molar-refractivity contribution >= 4 is 33.2 Å². The first-order valence-electron chi connectivity index (χ1n) is 10.7. The molecule has 0 saturated heterocycles. The quantitative estimate of drug-likeness (QED) is 0.421. The van der Waals surface area contributed by atoms with Crippen LogP contribution in [0.3, 0.4) is 0 Å². The Hall–Kier alpha value is -3.54. The predicted molar refractivity (Wildman–Crippen MR) is 125 cm³/mol. The van der Waals surface area contributed by atoms with Crippen molar-refractivity contribution in [2.24, 2.45) is 0 Å². The zero-order valence-corrected chi connectivity index (χ0v) is 18.3. The maximum absolute atomic E-state index is 13.7. The zero-order valence-electron chi connectivity index (χ0n) is 18.3. The molecule has 6 heteroatoms. The first-order chi connectivity index (χ1) is 15.0. The van der Waals surface area contributed by atoms with E-state index in [1.165, 1.54) is 5.56 Å². The van der Waals surface area contributed by atoms with E-state index in [-0.39, 0.29) is 11.6 Å². The van der Waals surface area contributed by atoms with Crippen LogP contribution >= 0.6 is 0 Å². The molecule has 0 bridgehead atoms. The Morgan fingerprint density at radius 3 is 2.26 bits per heavy atom. The second kappa shape index (κ2) is 7.30. The summed E-state index contributed by atoms with van der Waals surface area (Å²) in [6.45, 7) is 8.68. The Morgan fingerprint density at radius 1 is 0.903 bits per heavy atom. The normalized spacial score (nSPS) is 12.8. The van der Waals surface area contributed by atoms with E-state index in [2.05, 4.69) is 45.0 Å². The van der Waals surface area contributed by atoms with Gasteiger partial charge in [0.1, 0.15) is 16.7 Å². The van der Waals surface area contributed by atoms with Crippen LogP contribution in [0.1, 0.15) is 43.3 Å². The second-order valence-corrected chi connectivity index (χ2v) is 8.25. The van der Waals surface area contributed by atoms with Crippen molar-refractivity contribution in [3.05, 3.63) is 75.8 Å². The molecule has 0 N–H and O–H groups in total. The molecule has 0 aliphatic rings. The van der Waals surface area contributed by atoms with Crippen molar-refractivity contribution in [3.8, 4) is 0 Å². The van der Waals surface area contributed by atoms with Crippen LogP contribution in [0.2, 0.25) is 0 Å². The van der Waals surface area contributed by atoms with Crippen molar-refractivity contribution in [2.75, 3.05) is 0 Å². The third kappa shape index (κ3) is 3.10. The van der Waals surface area contributed by atoms with Gasteiger partial charge in [-0.1, -0.05) is 48.9 Å². The van der Waals surface area contributed by atoms with E-state index in [1.54, 1.807) is 4.57 Å². The smallest absolute Gasteiger partial charge is 0.265 e. The van der Waals surface area contributed by atoms with Gasteiger partial charge in [0.15, 0.2) is 11.3 Å². The molecule has 0 aliphatic heterocycles. The van der Waals surface area contributed by atoms with E-state index < -0.39 is 0 Å². The van der Waals surface area contributed by atoms with Crippen LogP contribution in [0.5, 0.6) is 0 Å². The Morgan fingerprint density at radius 2 is 1.58 bits per heavy atom. The van der Waals surface area contributed by atoms with E-state index in [9.17, 15) is 4.79 Å². The van der Waals surface area contributed by atoms with Gasteiger partial charge in [0.2, 0.25) is 0 Å². The first-order valence-corrected chi connectivity index (χ1v) is 10.7. The van der Waals surface area contributed by atoms with Crippen LogP contribution in [0.4, 0.5) is 0 Å². The lowest BCUT2D eigenvalue weighted by atomic mass is 10.1. The molecular formula is C25H25N5O. The molecule has 3 heterocycles. The third-order valence-electron chi connectivity index (χ3n) is 6.07. The molecular weight excluding hydrogens is 386 g/mol. The summed E-state index contributed by atoms with van der Waals surface area (Å²) in [7, 11) is 0. The molecule has 5 aromatic rings. The Labute approximate surface area is 180 Å². The van der Waals surface area contributed by atoms with Crippen molar-refractivity contribution in [1.29, 1.82) is 0 Å². The lowest BCUT2D eigenvalue weighted by molar-refractivity contribution is 0.496.